The second kappa shape index (κ2) is 3.45. The van der Waals surface area contributed by atoms with Crippen molar-refractivity contribution in [1.82, 2.24) is 15.2 Å². The van der Waals surface area contributed by atoms with Crippen LogP contribution in [0.3, 0.4) is 0 Å². The summed E-state index contributed by atoms with van der Waals surface area (Å²) in [5.41, 5.74) is 4.16. The number of aryl methyl sites for hydroxylation is 1. The van der Waals surface area contributed by atoms with Gasteiger partial charge in [-0.15, -0.1) is 0 Å². The van der Waals surface area contributed by atoms with E-state index in [1.54, 1.807) is 0 Å². The van der Waals surface area contributed by atoms with Crippen LogP contribution in [0.15, 0.2) is 42.6 Å². The van der Waals surface area contributed by atoms with Crippen molar-refractivity contribution in [1.29, 1.82) is 0 Å². The molecule has 0 aliphatic rings. The summed E-state index contributed by atoms with van der Waals surface area (Å²) >= 11 is 0. The van der Waals surface area contributed by atoms with Crippen molar-refractivity contribution >= 4 is 10.9 Å². The normalized spacial score (nSPS) is 10.8. The number of aromatic nitrogens is 3. The third kappa shape index (κ3) is 1.37. The Bertz CT molecular complexity index is 640. The summed E-state index contributed by atoms with van der Waals surface area (Å²) in [5, 5.41) is 8.54. The monoisotopic (exact) mass is 209 g/mol. The number of H-pyrrole nitrogens is 1. The van der Waals surface area contributed by atoms with Gasteiger partial charge < -0.3 is 0 Å². The summed E-state index contributed by atoms with van der Waals surface area (Å²) in [7, 11) is 0. The Hall–Kier alpha value is -2.16. The first-order chi connectivity index (χ1) is 7.84. The van der Waals surface area contributed by atoms with Crippen molar-refractivity contribution in [3.8, 4) is 11.3 Å². The summed E-state index contributed by atoms with van der Waals surface area (Å²) in [5.74, 6) is 0. The fourth-order valence-corrected chi connectivity index (χ4v) is 1.88. The molecule has 0 spiro atoms. The number of aromatic amines is 1. The number of hydrogen-bond donors (Lipinski definition) is 1. The fraction of sp³-hybridized carbons (Fsp3) is 0.0769. The number of hydrogen-bond acceptors (Lipinski definition) is 2. The van der Waals surface area contributed by atoms with Gasteiger partial charge in [0.2, 0.25) is 0 Å². The Kier molecular flexibility index (Phi) is 1.96. The molecule has 0 aliphatic heterocycles. The molecule has 1 aromatic carbocycles. The van der Waals surface area contributed by atoms with Crippen LogP contribution in [0.5, 0.6) is 0 Å². The Morgan fingerprint density at radius 1 is 1.12 bits per heavy atom. The molecule has 3 heteroatoms. The van der Waals surface area contributed by atoms with Crippen LogP contribution >= 0.6 is 0 Å². The van der Waals surface area contributed by atoms with Crippen molar-refractivity contribution in [3.63, 3.8) is 0 Å². The van der Waals surface area contributed by atoms with Gasteiger partial charge >= 0.3 is 0 Å². The third-order valence-electron chi connectivity index (χ3n) is 2.64. The third-order valence-corrected chi connectivity index (χ3v) is 2.64. The summed E-state index contributed by atoms with van der Waals surface area (Å²) in [4.78, 5) is 4.19. The van der Waals surface area contributed by atoms with E-state index >= 15 is 0 Å². The molecule has 2 heterocycles. The first kappa shape index (κ1) is 9.09. The molecular formula is C13H11N3. The summed E-state index contributed by atoms with van der Waals surface area (Å²) in [6, 6.07) is 12.2. The lowest BCUT2D eigenvalue weighted by molar-refractivity contribution is 1.12. The maximum atomic E-state index is 4.35. The van der Waals surface area contributed by atoms with Gasteiger partial charge in [0.25, 0.3) is 0 Å². The van der Waals surface area contributed by atoms with Gasteiger partial charge in [-0.3, -0.25) is 10.1 Å². The molecule has 0 radical (unpaired) electrons. The van der Waals surface area contributed by atoms with Gasteiger partial charge in [0.05, 0.1) is 5.52 Å². The number of nitrogens with zero attached hydrogens (tertiary/aromatic N) is 2. The minimum absolute atomic E-state index is 0.987. The lowest BCUT2D eigenvalue weighted by Crippen LogP contribution is -1.83. The van der Waals surface area contributed by atoms with Crippen molar-refractivity contribution in [2.45, 2.75) is 6.92 Å². The maximum Gasteiger partial charge on any atom is 0.100 e. The minimum Gasteiger partial charge on any atom is -0.277 e. The Morgan fingerprint density at radius 2 is 2.00 bits per heavy atom. The molecule has 0 aliphatic carbocycles. The van der Waals surface area contributed by atoms with Gasteiger partial charge in [-0.1, -0.05) is 18.2 Å². The predicted octanol–water partition coefficient (Wildman–Crippen LogP) is 2.93. The van der Waals surface area contributed by atoms with Gasteiger partial charge in [0, 0.05) is 22.8 Å². The van der Waals surface area contributed by atoms with Gasteiger partial charge in [0.15, 0.2) is 0 Å². The first-order valence-corrected chi connectivity index (χ1v) is 5.21. The molecule has 0 unspecified atom stereocenters. The van der Waals surface area contributed by atoms with E-state index < -0.39 is 0 Å². The summed E-state index contributed by atoms with van der Waals surface area (Å²) in [6.45, 7) is 1.98. The molecule has 16 heavy (non-hydrogen) atoms. The van der Waals surface area contributed by atoms with Crippen LogP contribution in [0.25, 0.3) is 22.2 Å². The number of nitrogens with one attached hydrogen (secondary N) is 1. The second-order valence-corrected chi connectivity index (χ2v) is 3.80. The predicted molar refractivity (Wildman–Crippen MR) is 64.1 cm³/mol. The SMILES string of the molecule is Cc1cc(-c2n[nH]c3ccccc23)ccn1. The van der Waals surface area contributed by atoms with E-state index in [0.29, 0.717) is 0 Å². The maximum absolute atomic E-state index is 4.35. The average molecular weight is 209 g/mol. The van der Waals surface area contributed by atoms with E-state index in [-0.39, 0.29) is 0 Å². The molecule has 0 bridgehead atoms. The summed E-state index contributed by atoms with van der Waals surface area (Å²) in [6.07, 6.45) is 1.81. The van der Waals surface area contributed by atoms with E-state index in [9.17, 15) is 0 Å². The van der Waals surface area contributed by atoms with Crippen LogP contribution in [-0.2, 0) is 0 Å². The standard InChI is InChI=1S/C13H11N3/c1-9-8-10(6-7-14-9)13-11-4-2-3-5-12(11)15-16-13/h2-8H,1H3,(H,15,16). The van der Waals surface area contributed by atoms with Crippen LogP contribution < -0.4 is 0 Å². The Balaban J connectivity index is 2.26. The molecular weight excluding hydrogens is 198 g/mol. The highest BCUT2D eigenvalue weighted by Gasteiger charge is 2.07. The number of rotatable bonds is 1. The zero-order chi connectivity index (χ0) is 11.0. The van der Waals surface area contributed by atoms with Crippen molar-refractivity contribution < 1.29 is 0 Å². The van der Waals surface area contributed by atoms with E-state index in [1.165, 1.54) is 0 Å². The zero-order valence-corrected chi connectivity index (χ0v) is 8.94. The highest BCUT2D eigenvalue weighted by atomic mass is 15.1. The van der Waals surface area contributed by atoms with Gasteiger partial charge in [-0.25, -0.2) is 0 Å². The smallest absolute Gasteiger partial charge is 0.100 e. The van der Waals surface area contributed by atoms with E-state index in [2.05, 4.69) is 21.2 Å². The summed E-state index contributed by atoms with van der Waals surface area (Å²) < 4.78 is 0. The van der Waals surface area contributed by atoms with Gasteiger partial charge in [0.1, 0.15) is 5.69 Å². The Labute approximate surface area is 93.2 Å². The Morgan fingerprint density at radius 3 is 2.88 bits per heavy atom. The lowest BCUT2D eigenvalue weighted by atomic mass is 10.1. The van der Waals surface area contributed by atoms with E-state index in [4.69, 9.17) is 0 Å². The molecule has 0 amide bonds. The molecule has 2 aromatic heterocycles. The topological polar surface area (TPSA) is 41.6 Å². The first-order valence-electron chi connectivity index (χ1n) is 5.21. The zero-order valence-electron chi connectivity index (χ0n) is 8.94. The van der Waals surface area contributed by atoms with Crippen molar-refractivity contribution in [2.24, 2.45) is 0 Å². The molecule has 0 fully saturated rings. The van der Waals surface area contributed by atoms with Gasteiger partial charge in [-0.05, 0) is 25.1 Å². The molecule has 3 rings (SSSR count). The van der Waals surface area contributed by atoms with Crippen LogP contribution in [0.2, 0.25) is 0 Å². The van der Waals surface area contributed by atoms with Crippen molar-refractivity contribution in [2.75, 3.05) is 0 Å². The average Bonchev–Trinajstić information content (AvgIpc) is 2.72. The lowest BCUT2D eigenvalue weighted by Gasteiger charge is -1.98. The van der Waals surface area contributed by atoms with E-state index in [1.807, 2.05) is 43.5 Å². The fourth-order valence-electron chi connectivity index (χ4n) is 1.88. The number of fused-ring (bicyclic) bond motifs is 1. The van der Waals surface area contributed by atoms with Crippen LogP contribution in [0.1, 0.15) is 5.69 Å². The van der Waals surface area contributed by atoms with E-state index in [0.717, 1.165) is 27.9 Å². The molecule has 0 atom stereocenters. The molecule has 78 valence electrons. The molecule has 0 saturated heterocycles. The second-order valence-electron chi connectivity index (χ2n) is 3.80. The number of pyridine rings is 1. The highest BCUT2D eigenvalue weighted by molar-refractivity contribution is 5.92. The van der Waals surface area contributed by atoms with Gasteiger partial charge in [-0.2, -0.15) is 5.10 Å². The van der Waals surface area contributed by atoms with Crippen molar-refractivity contribution in [3.05, 3.63) is 48.3 Å². The molecule has 3 aromatic rings. The minimum atomic E-state index is 0.987. The highest BCUT2D eigenvalue weighted by Crippen LogP contribution is 2.25. The molecule has 0 saturated carbocycles. The molecule has 1 N–H and O–H groups in total. The van der Waals surface area contributed by atoms with Crippen LogP contribution in [-0.4, -0.2) is 15.2 Å². The number of para-hydroxylation sites is 1. The quantitative estimate of drug-likeness (QED) is 0.669. The van der Waals surface area contributed by atoms with Crippen LogP contribution in [0, 0.1) is 6.92 Å². The number of benzene rings is 1. The van der Waals surface area contributed by atoms with Crippen LogP contribution in [0.4, 0.5) is 0 Å². The molecule has 3 nitrogen and oxygen atoms in total. The largest absolute Gasteiger partial charge is 0.277 e.